The highest BCUT2D eigenvalue weighted by Gasteiger charge is 2.03. The minimum atomic E-state index is 0.527. The SMILES string of the molecule is Cc1ccc(N)cc1Oc1nncs1. The molecular formula is C9H9N3OS. The van der Waals surface area contributed by atoms with E-state index in [0.717, 1.165) is 11.3 Å². The third kappa shape index (κ3) is 1.82. The number of nitrogens with two attached hydrogens (primary N) is 1. The maximum Gasteiger partial charge on any atom is 0.299 e. The van der Waals surface area contributed by atoms with Crippen LogP contribution in [0.3, 0.4) is 0 Å². The number of hydrogen-bond acceptors (Lipinski definition) is 5. The lowest BCUT2D eigenvalue weighted by atomic mass is 10.2. The van der Waals surface area contributed by atoms with E-state index >= 15 is 0 Å². The summed E-state index contributed by atoms with van der Waals surface area (Å²) in [4.78, 5) is 0. The van der Waals surface area contributed by atoms with Gasteiger partial charge in [0, 0.05) is 11.8 Å². The van der Waals surface area contributed by atoms with Crippen molar-refractivity contribution in [1.82, 2.24) is 10.2 Å². The maximum atomic E-state index is 5.64. The summed E-state index contributed by atoms with van der Waals surface area (Å²) in [6, 6.07) is 5.52. The molecule has 2 aromatic rings. The molecule has 5 heteroatoms. The summed E-state index contributed by atoms with van der Waals surface area (Å²) in [6.45, 7) is 1.95. The summed E-state index contributed by atoms with van der Waals surface area (Å²) in [5.74, 6) is 0.724. The molecule has 0 aliphatic rings. The van der Waals surface area contributed by atoms with Crippen LogP contribution < -0.4 is 10.5 Å². The van der Waals surface area contributed by atoms with Crippen LogP contribution in [0.5, 0.6) is 10.9 Å². The first-order chi connectivity index (χ1) is 6.75. The summed E-state index contributed by atoms with van der Waals surface area (Å²) >= 11 is 1.35. The molecule has 2 rings (SSSR count). The van der Waals surface area contributed by atoms with Gasteiger partial charge in [0.25, 0.3) is 5.19 Å². The number of nitrogen functional groups attached to an aromatic ring is 1. The molecule has 1 aromatic heterocycles. The van der Waals surface area contributed by atoms with Crippen molar-refractivity contribution >= 4 is 17.0 Å². The Bertz CT molecular complexity index is 428. The number of rotatable bonds is 2. The van der Waals surface area contributed by atoms with Gasteiger partial charge in [-0.05, 0) is 18.6 Å². The van der Waals surface area contributed by atoms with E-state index in [4.69, 9.17) is 10.5 Å². The predicted octanol–water partition coefficient (Wildman–Crippen LogP) is 2.22. The number of aryl methyl sites for hydroxylation is 1. The van der Waals surface area contributed by atoms with Crippen LogP contribution in [0, 0.1) is 6.92 Å². The first-order valence-electron chi connectivity index (χ1n) is 4.06. The van der Waals surface area contributed by atoms with Crippen LogP contribution in [0.15, 0.2) is 23.7 Å². The molecule has 1 heterocycles. The molecule has 4 nitrogen and oxygen atoms in total. The topological polar surface area (TPSA) is 61.0 Å². The van der Waals surface area contributed by atoms with Gasteiger partial charge >= 0.3 is 0 Å². The molecule has 0 aliphatic heterocycles. The molecule has 2 N–H and O–H groups in total. The molecule has 14 heavy (non-hydrogen) atoms. The van der Waals surface area contributed by atoms with Gasteiger partial charge < -0.3 is 10.5 Å². The van der Waals surface area contributed by atoms with Crippen molar-refractivity contribution in [1.29, 1.82) is 0 Å². The fraction of sp³-hybridized carbons (Fsp3) is 0.111. The van der Waals surface area contributed by atoms with E-state index in [1.807, 2.05) is 19.1 Å². The maximum absolute atomic E-state index is 5.64. The third-order valence-electron chi connectivity index (χ3n) is 1.75. The molecule has 0 saturated carbocycles. The zero-order chi connectivity index (χ0) is 9.97. The monoisotopic (exact) mass is 207 g/mol. The van der Waals surface area contributed by atoms with E-state index in [1.165, 1.54) is 11.3 Å². The van der Waals surface area contributed by atoms with Crippen molar-refractivity contribution < 1.29 is 4.74 Å². The lowest BCUT2D eigenvalue weighted by molar-refractivity contribution is 0.470. The van der Waals surface area contributed by atoms with Crippen molar-refractivity contribution in [2.75, 3.05) is 5.73 Å². The Labute approximate surface area is 85.4 Å². The standard InChI is InChI=1S/C9H9N3OS/c1-6-2-3-7(10)4-8(6)13-9-12-11-5-14-9/h2-5H,10H2,1H3. The lowest BCUT2D eigenvalue weighted by Crippen LogP contribution is -1.90. The fourth-order valence-corrected chi connectivity index (χ4v) is 1.44. The van der Waals surface area contributed by atoms with Gasteiger partial charge in [-0.15, -0.1) is 5.10 Å². The van der Waals surface area contributed by atoms with E-state index in [-0.39, 0.29) is 0 Å². The summed E-state index contributed by atoms with van der Waals surface area (Å²) < 4.78 is 5.49. The molecule has 0 bridgehead atoms. The molecule has 0 aliphatic carbocycles. The van der Waals surface area contributed by atoms with Crippen LogP contribution in [-0.4, -0.2) is 10.2 Å². The van der Waals surface area contributed by atoms with E-state index in [1.54, 1.807) is 11.6 Å². The number of nitrogens with zero attached hydrogens (tertiary/aromatic N) is 2. The third-order valence-corrected chi connectivity index (χ3v) is 2.32. The average Bonchev–Trinajstić information content (AvgIpc) is 2.64. The largest absolute Gasteiger partial charge is 0.429 e. The predicted molar refractivity (Wildman–Crippen MR) is 55.6 cm³/mol. The first-order valence-corrected chi connectivity index (χ1v) is 4.94. The van der Waals surface area contributed by atoms with Crippen molar-refractivity contribution in [3.05, 3.63) is 29.3 Å². The summed E-state index contributed by atoms with van der Waals surface area (Å²) in [6.07, 6.45) is 0. The van der Waals surface area contributed by atoms with Gasteiger partial charge in [-0.2, -0.15) is 0 Å². The number of hydrogen-bond donors (Lipinski definition) is 1. The van der Waals surface area contributed by atoms with Gasteiger partial charge in [0.15, 0.2) is 0 Å². The number of anilines is 1. The van der Waals surface area contributed by atoms with E-state index in [2.05, 4.69) is 10.2 Å². The van der Waals surface area contributed by atoms with E-state index in [0.29, 0.717) is 10.9 Å². The van der Waals surface area contributed by atoms with Gasteiger partial charge in [-0.1, -0.05) is 22.5 Å². The zero-order valence-electron chi connectivity index (χ0n) is 7.60. The first kappa shape index (κ1) is 8.96. The number of aromatic nitrogens is 2. The number of ether oxygens (including phenoxy) is 1. The Kier molecular flexibility index (Phi) is 2.32. The quantitative estimate of drug-likeness (QED) is 0.767. The second-order valence-electron chi connectivity index (χ2n) is 2.83. The van der Waals surface area contributed by atoms with E-state index in [9.17, 15) is 0 Å². The Morgan fingerprint density at radius 3 is 3.00 bits per heavy atom. The second kappa shape index (κ2) is 3.63. The van der Waals surface area contributed by atoms with Crippen LogP contribution in [0.1, 0.15) is 5.56 Å². The zero-order valence-corrected chi connectivity index (χ0v) is 8.41. The van der Waals surface area contributed by atoms with Crippen molar-refractivity contribution in [2.24, 2.45) is 0 Å². The van der Waals surface area contributed by atoms with Gasteiger partial charge in [-0.25, -0.2) is 0 Å². The molecule has 0 unspecified atom stereocenters. The summed E-state index contributed by atoms with van der Waals surface area (Å²) in [7, 11) is 0. The Morgan fingerprint density at radius 1 is 1.43 bits per heavy atom. The Hall–Kier alpha value is -1.62. The van der Waals surface area contributed by atoms with Crippen LogP contribution >= 0.6 is 11.3 Å². The molecule has 0 radical (unpaired) electrons. The highest BCUT2D eigenvalue weighted by atomic mass is 32.1. The molecule has 72 valence electrons. The van der Waals surface area contributed by atoms with Crippen molar-refractivity contribution in [3.63, 3.8) is 0 Å². The second-order valence-corrected chi connectivity index (χ2v) is 3.63. The highest BCUT2D eigenvalue weighted by molar-refractivity contribution is 7.11. The number of benzene rings is 1. The molecule has 0 fully saturated rings. The molecule has 0 saturated heterocycles. The van der Waals surface area contributed by atoms with Gasteiger partial charge in [0.2, 0.25) is 0 Å². The van der Waals surface area contributed by atoms with Gasteiger partial charge in [0.05, 0.1) is 0 Å². The van der Waals surface area contributed by atoms with Crippen LogP contribution in [-0.2, 0) is 0 Å². The Balaban J connectivity index is 2.28. The van der Waals surface area contributed by atoms with Crippen LogP contribution in [0.2, 0.25) is 0 Å². The van der Waals surface area contributed by atoms with Gasteiger partial charge in [0.1, 0.15) is 11.3 Å². The molecule has 0 spiro atoms. The minimum Gasteiger partial charge on any atom is -0.429 e. The minimum absolute atomic E-state index is 0.527. The average molecular weight is 207 g/mol. The fourth-order valence-electron chi connectivity index (χ4n) is 1.03. The summed E-state index contributed by atoms with van der Waals surface area (Å²) in [5, 5.41) is 8.00. The van der Waals surface area contributed by atoms with Crippen molar-refractivity contribution in [3.8, 4) is 10.9 Å². The summed E-state index contributed by atoms with van der Waals surface area (Å²) in [5.41, 5.74) is 8.96. The molecule has 0 atom stereocenters. The van der Waals surface area contributed by atoms with Crippen molar-refractivity contribution in [2.45, 2.75) is 6.92 Å². The van der Waals surface area contributed by atoms with Gasteiger partial charge in [-0.3, -0.25) is 0 Å². The van der Waals surface area contributed by atoms with Crippen LogP contribution in [0.4, 0.5) is 5.69 Å². The molecule has 0 amide bonds. The Morgan fingerprint density at radius 2 is 2.29 bits per heavy atom. The highest BCUT2D eigenvalue weighted by Crippen LogP contribution is 2.27. The van der Waals surface area contributed by atoms with E-state index < -0.39 is 0 Å². The lowest BCUT2D eigenvalue weighted by Gasteiger charge is -2.05. The van der Waals surface area contributed by atoms with Crippen LogP contribution in [0.25, 0.3) is 0 Å². The molecule has 1 aromatic carbocycles. The molecular weight excluding hydrogens is 198 g/mol. The normalized spacial score (nSPS) is 10.1. The smallest absolute Gasteiger partial charge is 0.299 e.